The minimum Gasteiger partial charge on any atom is -0.493 e. The molecule has 0 aliphatic heterocycles. The van der Waals surface area contributed by atoms with Crippen LogP contribution >= 0.6 is 0 Å². The van der Waals surface area contributed by atoms with Crippen LogP contribution in [0.3, 0.4) is 0 Å². The van der Waals surface area contributed by atoms with Gasteiger partial charge in [0.15, 0.2) is 0 Å². The Bertz CT molecular complexity index is 787. The largest absolute Gasteiger partial charge is 0.493 e. The molecule has 140 valence electrons. The fourth-order valence-corrected chi connectivity index (χ4v) is 2.47. The molecule has 1 N–H and O–H groups in total. The number of nitrogens with zero attached hydrogens (tertiary/aromatic N) is 1. The van der Waals surface area contributed by atoms with Gasteiger partial charge in [0.05, 0.1) is 6.61 Å². The van der Waals surface area contributed by atoms with Crippen molar-refractivity contribution in [2.75, 3.05) is 13.2 Å². The van der Waals surface area contributed by atoms with Crippen molar-refractivity contribution in [3.63, 3.8) is 0 Å². The van der Waals surface area contributed by atoms with Crippen LogP contribution in [0.5, 0.6) is 5.75 Å². The Morgan fingerprint density at radius 2 is 1.85 bits per heavy atom. The molecule has 0 saturated carbocycles. The molecule has 0 aromatic heterocycles. The molecular weight excluding hydrogens is 336 g/mol. The zero-order chi connectivity index (χ0) is 19.5. The monoisotopic (exact) mass is 362 g/mol. The number of hydrogen-bond acceptors (Lipinski definition) is 3. The van der Waals surface area contributed by atoms with Gasteiger partial charge < -0.3 is 10.1 Å². The van der Waals surface area contributed by atoms with Gasteiger partial charge in [-0.25, -0.2) is 0 Å². The number of nitrogens with one attached hydrogen (secondary N) is 1. The van der Waals surface area contributed by atoms with Crippen LogP contribution in [-0.4, -0.2) is 19.1 Å². The van der Waals surface area contributed by atoms with E-state index in [0.29, 0.717) is 19.1 Å². The Morgan fingerprint density at radius 3 is 2.48 bits per heavy atom. The van der Waals surface area contributed by atoms with Crippen LogP contribution in [0.15, 0.2) is 60.2 Å². The second-order valence-electron chi connectivity index (χ2n) is 6.79. The number of amides is 1. The molecule has 4 heteroatoms. The number of ether oxygens (including phenoxy) is 1. The van der Waals surface area contributed by atoms with E-state index >= 15 is 0 Å². The van der Waals surface area contributed by atoms with Gasteiger partial charge in [-0.2, -0.15) is 5.26 Å². The van der Waals surface area contributed by atoms with E-state index in [1.165, 1.54) is 5.56 Å². The van der Waals surface area contributed by atoms with Crippen LogP contribution in [0.4, 0.5) is 0 Å². The first-order chi connectivity index (χ1) is 13.1. The lowest BCUT2D eigenvalue weighted by Crippen LogP contribution is -2.25. The summed E-state index contributed by atoms with van der Waals surface area (Å²) in [6.45, 7) is 5.38. The number of carbonyl (C=O) groups excluding carboxylic acids is 1. The number of benzene rings is 2. The summed E-state index contributed by atoms with van der Waals surface area (Å²) in [7, 11) is 0. The molecule has 0 radical (unpaired) electrons. The highest BCUT2D eigenvalue weighted by Gasteiger charge is 2.08. The maximum Gasteiger partial charge on any atom is 0.261 e. The molecule has 4 nitrogen and oxygen atoms in total. The van der Waals surface area contributed by atoms with E-state index in [2.05, 4.69) is 31.3 Å². The summed E-state index contributed by atoms with van der Waals surface area (Å²) < 4.78 is 5.64. The Kier molecular flexibility index (Phi) is 8.12. The van der Waals surface area contributed by atoms with Crippen molar-refractivity contribution < 1.29 is 9.53 Å². The molecule has 0 saturated heterocycles. The number of rotatable bonds is 9. The Labute approximate surface area is 161 Å². The SMILES string of the molecule is CC(C)COc1ccc(/C=C(/C#N)C(=O)NCCCc2ccccc2)cc1. The zero-order valence-corrected chi connectivity index (χ0v) is 15.9. The quantitative estimate of drug-likeness (QED) is 0.409. The Morgan fingerprint density at radius 1 is 1.15 bits per heavy atom. The lowest BCUT2D eigenvalue weighted by molar-refractivity contribution is -0.117. The van der Waals surface area contributed by atoms with Crippen LogP contribution in [0.2, 0.25) is 0 Å². The third kappa shape index (κ3) is 7.37. The molecule has 0 spiro atoms. The molecule has 2 rings (SSSR count). The average Bonchev–Trinajstić information content (AvgIpc) is 2.69. The second kappa shape index (κ2) is 10.8. The fourth-order valence-electron chi connectivity index (χ4n) is 2.47. The first kappa shape index (κ1) is 20.3. The summed E-state index contributed by atoms with van der Waals surface area (Å²) in [5.74, 6) is 0.899. The van der Waals surface area contributed by atoms with E-state index < -0.39 is 0 Å². The van der Waals surface area contributed by atoms with Gasteiger partial charge in [-0.1, -0.05) is 56.3 Å². The molecule has 27 heavy (non-hydrogen) atoms. The molecule has 0 bridgehead atoms. The lowest BCUT2D eigenvalue weighted by Gasteiger charge is -2.08. The van der Waals surface area contributed by atoms with Crippen LogP contribution in [-0.2, 0) is 11.2 Å². The number of nitriles is 1. The molecule has 0 fully saturated rings. The Hall–Kier alpha value is -3.06. The van der Waals surface area contributed by atoms with E-state index in [1.54, 1.807) is 6.08 Å². The number of aryl methyl sites for hydroxylation is 1. The first-order valence-corrected chi connectivity index (χ1v) is 9.25. The Balaban J connectivity index is 1.85. The molecule has 0 heterocycles. The zero-order valence-electron chi connectivity index (χ0n) is 15.9. The van der Waals surface area contributed by atoms with Crippen molar-refractivity contribution in [2.24, 2.45) is 5.92 Å². The predicted octanol–water partition coefficient (Wildman–Crippen LogP) is 4.38. The summed E-state index contributed by atoms with van der Waals surface area (Å²) in [4.78, 5) is 12.2. The van der Waals surface area contributed by atoms with E-state index in [4.69, 9.17) is 4.74 Å². The summed E-state index contributed by atoms with van der Waals surface area (Å²) in [6.07, 6.45) is 3.32. The molecule has 1 amide bonds. The minimum absolute atomic E-state index is 0.102. The normalized spacial score (nSPS) is 11.1. The van der Waals surface area contributed by atoms with Gasteiger partial charge in [-0.05, 0) is 48.1 Å². The molecule has 0 atom stereocenters. The highest BCUT2D eigenvalue weighted by atomic mass is 16.5. The molecule has 0 aliphatic carbocycles. The molecule has 0 aliphatic rings. The summed E-state index contributed by atoms with van der Waals surface area (Å²) in [5, 5.41) is 12.1. The highest BCUT2D eigenvalue weighted by Crippen LogP contribution is 2.15. The number of hydrogen-bond donors (Lipinski definition) is 1. The van der Waals surface area contributed by atoms with Gasteiger partial charge in [0.25, 0.3) is 5.91 Å². The van der Waals surface area contributed by atoms with Gasteiger partial charge in [-0.3, -0.25) is 4.79 Å². The van der Waals surface area contributed by atoms with Gasteiger partial charge in [0, 0.05) is 6.54 Å². The van der Waals surface area contributed by atoms with Gasteiger partial charge >= 0.3 is 0 Å². The van der Waals surface area contributed by atoms with Crippen molar-refractivity contribution in [2.45, 2.75) is 26.7 Å². The van der Waals surface area contributed by atoms with Crippen molar-refractivity contribution in [1.29, 1.82) is 5.26 Å². The molecular formula is C23H26N2O2. The highest BCUT2D eigenvalue weighted by molar-refractivity contribution is 6.01. The van der Waals surface area contributed by atoms with Gasteiger partial charge in [0.2, 0.25) is 0 Å². The number of carbonyl (C=O) groups is 1. The maximum absolute atomic E-state index is 12.2. The van der Waals surface area contributed by atoms with Crippen molar-refractivity contribution in [3.05, 3.63) is 71.3 Å². The van der Waals surface area contributed by atoms with Crippen LogP contribution < -0.4 is 10.1 Å². The van der Waals surface area contributed by atoms with Gasteiger partial charge in [-0.15, -0.1) is 0 Å². The first-order valence-electron chi connectivity index (χ1n) is 9.25. The van der Waals surface area contributed by atoms with E-state index in [9.17, 15) is 10.1 Å². The summed E-state index contributed by atoms with van der Waals surface area (Å²) >= 11 is 0. The van der Waals surface area contributed by atoms with E-state index in [-0.39, 0.29) is 11.5 Å². The second-order valence-corrected chi connectivity index (χ2v) is 6.79. The van der Waals surface area contributed by atoms with Crippen LogP contribution in [0.25, 0.3) is 6.08 Å². The third-order valence-corrected chi connectivity index (χ3v) is 3.91. The van der Waals surface area contributed by atoms with Crippen molar-refractivity contribution in [1.82, 2.24) is 5.32 Å². The van der Waals surface area contributed by atoms with Gasteiger partial charge in [0.1, 0.15) is 17.4 Å². The topological polar surface area (TPSA) is 62.1 Å². The van der Waals surface area contributed by atoms with E-state index in [1.807, 2.05) is 48.5 Å². The van der Waals surface area contributed by atoms with Crippen molar-refractivity contribution in [3.8, 4) is 11.8 Å². The lowest BCUT2D eigenvalue weighted by atomic mass is 10.1. The summed E-state index contributed by atoms with van der Waals surface area (Å²) in [5.41, 5.74) is 2.14. The van der Waals surface area contributed by atoms with E-state index in [0.717, 1.165) is 24.2 Å². The molecule has 0 unspecified atom stereocenters. The van der Waals surface area contributed by atoms with Crippen LogP contribution in [0, 0.1) is 17.2 Å². The average molecular weight is 362 g/mol. The summed E-state index contributed by atoms with van der Waals surface area (Å²) in [6, 6.07) is 19.5. The van der Waals surface area contributed by atoms with Crippen LogP contribution in [0.1, 0.15) is 31.4 Å². The maximum atomic E-state index is 12.2. The molecule has 2 aromatic carbocycles. The van der Waals surface area contributed by atoms with Crippen molar-refractivity contribution >= 4 is 12.0 Å². The molecule has 2 aromatic rings. The minimum atomic E-state index is -0.342. The third-order valence-electron chi connectivity index (χ3n) is 3.91. The fraction of sp³-hybridized carbons (Fsp3) is 0.304. The predicted molar refractivity (Wildman–Crippen MR) is 108 cm³/mol. The standard InChI is InChI=1S/C23H26N2O2/c1-18(2)17-27-22-12-10-20(11-13-22)15-21(16-24)23(26)25-14-6-9-19-7-4-3-5-8-19/h3-5,7-8,10-13,15,18H,6,9,14,17H2,1-2H3,(H,25,26)/b21-15-. The smallest absolute Gasteiger partial charge is 0.261 e.